The molecule has 1 heterocycles. The Morgan fingerprint density at radius 1 is 0.943 bits per heavy atom. The quantitative estimate of drug-likeness (QED) is 0.252. The van der Waals surface area contributed by atoms with Crippen molar-refractivity contribution in [2.75, 3.05) is 5.32 Å². The van der Waals surface area contributed by atoms with Gasteiger partial charge in [0.1, 0.15) is 0 Å². The molecule has 0 unspecified atom stereocenters. The molecule has 0 atom stereocenters. The molecule has 0 saturated heterocycles. The van der Waals surface area contributed by atoms with Crippen LogP contribution in [0.25, 0.3) is 0 Å². The van der Waals surface area contributed by atoms with Crippen LogP contribution in [0.1, 0.15) is 73.1 Å². The summed E-state index contributed by atoms with van der Waals surface area (Å²) in [6, 6.07) is 15.6. The zero-order chi connectivity index (χ0) is 25.1. The first kappa shape index (κ1) is 22.8. The van der Waals surface area contributed by atoms with E-state index in [2.05, 4.69) is 45.1 Å². The van der Waals surface area contributed by atoms with Crippen molar-refractivity contribution < 1.29 is 14.8 Å². The van der Waals surface area contributed by atoms with Gasteiger partial charge in [-0.3, -0.25) is 10.1 Å². The average Bonchev–Trinajstić information content (AvgIpc) is 2.97. The molecule has 0 amide bonds. The number of hydrogen-bond acceptors (Lipinski definition) is 5. The van der Waals surface area contributed by atoms with Gasteiger partial charge in [0, 0.05) is 28.9 Å². The number of anilines is 2. The monoisotopic (exact) mass is 469 g/mol. The normalized spacial score (nSPS) is 17.1. The smallest absolute Gasteiger partial charge is 0.335 e. The highest BCUT2D eigenvalue weighted by Gasteiger charge is 2.38. The lowest BCUT2D eigenvalue weighted by Gasteiger charge is -2.42. The van der Waals surface area contributed by atoms with Gasteiger partial charge in [0.05, 0.1) is 27.6 Å². The number of aliphatic imine (C=N–C) groups is 1. The first-order valence-corrected chi connectivity index (χ1v) is 11.6. The summed E-state index contributed by atoms with van der Waals surface area (Å²) in [6.07, 6.45) is 2.14. The summed E-state index contributed by atoms with van der Waals surface area (Å²) < 4.78 is 0. The number of benzene rings is 3. The van der Waals surface area contributed by atoms with Crippen LogP contribution in [0.15, 0.2) is 59.6 Å². The Balaban J connectivity index is 1.79. The molecule has 2 N–H and O–H groups in total. The number of aromatic carboxylic acids is 1. The molecule has 1 aliphatic heterocycles. The first-order valence-electron chi connectivity index (χ1n) is 11.6. The lowest BCUT2D eigenvalue weighted by Crippen LogP contribution is -2.34. The van der Waals surface area contributed by atoms with Gasteiger partial charge in [0.2, 0.25) is 0 Å². The van der Waals surface area contributed by atoms with Crippen LogP contribution in [0.5, 0.6) is 0 Å². The third-order valence-corrected chi connectivity index (χ3v) is 7.35. The van der Waals surface area contributed by atoms with E-state index < -0.39 is 10.9 Å². The van der Waals surface area contributed by atoms with E-state index >= 15 is 0 Å². The van der Waals surface area contributed by atoms with E-state index in [0.29, 0.717) is 17.1 Å². The molecule has 35 heavy (non-hydrogen) atoms. The van der Waals surface area contributed by atoms with Crippen LogP contribution in [-0.2, 0) is 10.8 Å². The van der Waals surface area contributed by atoms with Crippen molar-refractivity contribution >= 4 is 34.4 Å². The lowest BCUT2D eigenvalue weighted by molar-refractivity contribution is -0.384. The fourth-order valence-corrected chi connectivity index (χ4v) is 5.06. The van der Waals surface area contributed by atoms with E-state index in [1.165, 1.54) is 23.3 Å². The summed E-state index contributed by atoms with van der Waals surface area (Å²) in [5, 5.41) is 24.3. The fraction of sp³-hybridized carbons (Fsp3) is 0.286. The van der Waals surface area contributed by atoms with E-state index in [0.717, 1.165) is 29.7 Å². The molecule has 0 aromatic heterocycles. The van der Waals surface area contributed by atoms with Gasteiger partial charge in [0.15, 0.2) is 0 Å². The molecular formula is C28H27N3O4. The van der Waals surface area contributed by atoms with Gasteiger partial charge in [-0.25, -0.2) is 9.79 Å². The number of rotatable bonds is 3. The van der Waals surface area contributed by atoms with Crippen LogP contribution in [0, 0.1) is 10.1 Å². The number of fused-ring (bicyclic) bond motifs is 3. The summed E-state index contributed by atoms with van der Waals surface area (Å²) in [5.41, 5.74) is 6.98. The molecule has 2 aliphatic rings. The van der Waals surface area contributed by atoms with Crippen LogP contribution in [-0.4, -0.2) is 21.7 Å². The van der Waals surface area contributed by atoms with Crippen molar-refractivity contribution in [2.24, 2.45) is 4.99 Å². The molecule has 0 spiro atoms. The molecular weight excluding hydrogens is 442 g/mol. The zero-order valence-electron chi connectivity index (χ0n) is 20.2. The molecule has 0 saturated carbocycles. The number of nitrogens with one attached hydrogen (secondary N) is 1. The van der Waals surface area contributed by atoms with Crippen molar-refractivity contribution in [3.8, 4) is 0 Å². The Hall–Kier alpha value is -4.00. The summed E-state index contributed by atoms with van der Waals surface area (Å²) in [6.45, 7) is 9.05. The van der Waals surface area contributed by atoms with Crippen molar-refractivity contribution in [1.82, 2.24) is 0 Å². The molecule has 3 aromatic rings. The van der Waals surface area contributed by atoms with Crippen LogP contribution in [0.4, 0.5) is 22.7 Å². The highest BCUT2D eigenvalue weighted by atomic mass is 16.6. The summed E-state index contributed by atoms with van der Waals surface area (Å²) >= 11 is 0. The van der Waals surface area contributed by atoms with E-state index in [1.54, 1.807) is 30.3 Å². The number of nitro benzene ring substituents is 1. The van der Waals surface area contributed by atoms with Gasteiger partial charge in [-0.15, -0.1) is 0 Å². The maximum absolute atomic E-state index is 11.4. The molecule has 7 heteroatoms. The molecule has 5 rings (SSSR count). The van der Waals surface area contributed by atoms with E-state index in [9.17, 15) is 20.0 Å². The predicted octanol–water partition coefficient (Wildman–Crippen LogP) is 6.87. The molecule has 0 radical (unpaired) electrons. The SMILES string of the molecule is CC1(C)CCC(C)(C)c2cc3c(cc21)Nc1ccc([N+](=O)[O-])cc1N=C3c1ccc(C(=O)O)cc1. The number of carboxylic acid groups (broad SMARTS) is 1. The fourth-order valence-electron chi connectivity index (χ4n) is 5.06. The number of carboxylic acids is 1. The second-order valence-corrected chi connectivity index (χ2v) is 10.6. The summed E-state index contributed by atoms with van der Waals surface area (Å²) in [5.74, 6) is -1.000. The Bertz CT molecular complexity index is 1420. The predicted molar refractivity (Wildman–Crippen MR) is 137 cm³/mol. The highest BCUT2D eigenvalue weighted by molar-refractivity contribution is 6.19. The van der Waals surface area contributed by atoms with Crippen molar-refractivity contribution in [1.29, 1.82) is 0 Å². The van der Waals surface area contributed by atoms with E-state index in [4.69, 9.17) is 4.99 Å². The minimum atomic E-state index is -1.000. The Morgan fingerprint density at radius 3 is 2.17 bits per heavy atom. The third-order valence-electron chi connectivity index (χ3n) is 7.35. The molecule has 178 valence electrons. The second-order valence-electron chi connectivity index (χ2n) is 10.6. The summed E-state index contributed by atoms with van der Waals surface area (Å²) in [4.78, 5) is 27.3. The van der Waals surface area contributed by atoms with Crippen LogP contribution in [0.3, 0.4) is 0 Å². The third kappa shape index (κ3) is 3.87. The molecule has 3 aromatic carbocycles. The van der Waals surface area contributed by atoms with Gasteiger partial charge in [0.25, 0.3) is 5.69 Å². The number of nitro groups is 1. The van der Waals surface area contributed by atoms with E-state index in [-0.39, 0.29) is 22.1 Å². The van der Waals surface area contributed by atoms with Gasteiger partial charge in [-0.05, 0) is 65.1 Å². The van der Waals surface area contributed by atoms with E-state index in [1.807, 2.05) is 0 Å². The average molecular weight is 470 g/mol. The van der Waals surface area contributed by atoms with Gasteiger partial charge in [-0.2, -0.15) is 0 Å². The molecule has 0 fully saturated rings. The first-order chi connectivity index (χ1) is 16.5. The van der Waals surface area contributed by atoms with Crippen molar-refractivity contribution in [3.05, 3.63) is 92.5 Å². The molecule has 1 aliphatic carbocycles. The standard InChI is InChI=1S/C28H27N3O4/c1-27(2)11-12-28(3,4)21-15-23-19(14-20(21)27)25(16-5-7-17(8-6-16)26(32)33)30-24-13-18(31(34)35)9-10-22(24)29-23/h5-10,13-15,29H,11-12H2,1-4H3,(H,32,33). The van der Waals surface area contributed by atoms with Gasteiger partial charge >= 0.3 is 5.97 Å². The number of nitrogens with zero attached hydrogens (tertiary/aromatic N) is 2. The van der Waals surface area contributed by atoms with Crippen LogP contribution < -0.4 is 5.32 Å². The topological polar surface area (TPSA) is 105 Å². The Morgan fingerprint density at radius 2 is 1.57 bits per heavy atom. The summed E-state index contributed by atoms with van der Waals surface area (Å²) in [7, 11) is 0. The van der Waals surface area contributed by atoms with Gasteiger partial charge in [-0.1, -0.05) is 39.8 Å². The number of hydrogen-bond donors (Lipinski definition) is 2. The largest absolute Gasteiger partial charge is 0.478 e. The lowest BCUT2D eigenvalue weighted by atomic mass is 9.62. The van der Waals surface area contributed by atoms with Crippen LogP contribution >= 0.6 is 0 Å². The maximum atomic E-state index is 11.4. The Kier molecular flexibility index (Phi) is 5.05. The Labute approximate surface area is 203 Å². The van der Waals surface area contributed by atoms with Crippen LogP contribution in [0.2, 0.25) is 0 Å². The number of carbonyl (C=O) groups is 1. The second kappa shape index (κ2) is 7.77. The minimum absolute atomic E-state index is 0.00656. The zero-order valence-corrected chi connectivity index (χ0v) is 20.2. The van der Waals surface area contributed by atoms with Crippen molar-refractivity contribution in [3.63, 3.8) is 0 Å². The van der Waals surface area contributed by atoms with Crippen molar-refractivity contribution in [2.45, 2.75) is 51.4 Å². The highest BCUT2D eigenvalue weighted by Crippen LogP contribution is 2.49. The minimum Gasteiger partial charge on any atom is -0.478 e. The molecule has 7 nitrogen and oxygen atoms in total. The molecule has 0 bridgehead atoms. The maximum Gasteiger partial charge on any atom is 0.335 e. The van der Waals surface area contributed by atoms with Gasteiger partial charge < -0.3 is 10.4 Å². The number of non-ortho nitro benzene ring substituents is 1.